The van der Waals surface area contributed by atoms with Crippen molar-refractivity contribution >= 4 is 5.91 Å². The molecule has 2 aromatic rings. The number of alkyl halides is 6. The highest BCUT2D eigenvalue weighted by Crippen LogP contribution is 2.40. The number of amides is 1. The van der Waals surface area contributed by atoms with Gasteiger partial charge in [0, 0.05) is 0 Å². The van der Waals surface area contributed by atoms with Crippen molar-refractivity contribution < 1.29 is 45.7 Å². The molecule has 1 aliphatic heterocycles. The predicted octanol–water partition coefficient (Wildman–Crippen LogP) is 4.26. The van der Waals surface area contributed by atoms with Gasteiger partial charge in [-0.05, 0) is 36.8 Å². The van der Waals surface area contributed by atoms with E-state index in [4.69, 9.17) is 9.47 Å². The number of methoxy groups -OCH3 is 1. The molecule has 6 nitrogen and oxygen atoms in total. The molecule has 182 valence electrons. The molecule has 0 bridgehead atoms. The van der Waals surface area contributed by atoms with Crippen molar-refractivity contribution in [2.75, 3.05) is 20.2 Å². The van der Waals surface area contributed by atoms with Gasteiger partial charge in [0.25, 0.3) is 5.91 Å². The van der Waals surface area contributed by atoms with Crippen LogP contribution in [0.3, 0.4) is 0 Å². The number of likely N-dealkylation sites (tertiary alicyclic amines) is 1. The minimum Gasteiger partial charge on any atom is -0.494 e. The van der Waals surface area contributed by atoms with Gasteiger partial charge in [-0.25, -0.2) is 0 Å². The lowest BCUT2D eigenvalue weighted by Gasteiger charge is -2.47. The van der Waals surface area contributed by atoms with Crippen molar-refractivity contribution in [1.82, 2.24) is 4.90 Å². The highest BCUT2D eigenvalue weighted by molar-refractivity contribution is 6.01. The maximum Gasteiger partial charge on any atom is 0.425 e. The van der Waals surface area contributed by atoms with E-state index in [1.807, 2.05) is 0 Å². The zero-order valence-electron chi connectivity index (χ0n) is 17.8. The van der Waals surface area contributed by atoms with Gasteiger partial charge in [-0.15, -0.1) is 0 Å². The molecule has 1 saturated heterocycles. The van der Waals surface area contributed by atoms with Crippen LogP contribution < -0.4 is 9.47 Å². The van der Waals surface area contributed by atoms with Gasteiger partial charge >= 0.3 is 12.4 Å². The Morgan fingerprint density at radius 3 is 2.18 bits per heavy atom. The summed E-state index contributed by atoms with van der Waals surface area (Å²) in [5.74, 6) is -1.66. The number of hydrogen-bond acceptors (Lipinski definition) is 5. The van der Waals surface area contributed by atoms with Gasteiger partial charge in [0.2, 0.25) is 0 Å². The first-order valence-electron chi connectivity index (χ1n) is 9.75. The average Bonchev–Trinajstić information content (AvgIpc) is 2.74. The Morgan fingerprint density at radius 2 is 1.71 bits per heavy atom. The van der Waals surface area contributed by atoms with Gasteiger partial charge in [0.1, 0.15) is 23.0 Å². The van der Waals surface area contributed by atoms with E-state index in [1.165, 1.54) is 0 Å². The van der Waals surface area contributed by atoms with Gasteiger partial charge in [-0.3, -0.25) is 4.79 Å². The van der Waals surface area contributed by atoms with E-state index < -0.39 is 46.8 Å². The lowest BCUT2D eigenvalue weighted by atomic mass is 9.85. The number of ether oxygens (including phenoxy) is 2. The molecule has 12 heteroatoms. The summed E-state index contributed by atoms with van der Waals surface area (Å²) >= 11 is 0. The van der Waals surface area contributed by atoms with Crippen molar-refractivity contribution in [1.29, 1.82) is 5.26 Å². The third-order valence-corrected chi connectivity index (χ3v) is 5.36. The van der Waals surface area contributed by atoms with Crippen LogP contribution in [-0.4, -0.2) is 48.4 Å². The minimum absolute atomic E-state index is 0.128. The second-order valence-electron chi connectivity index (χ2n) is 7.70. The van der Waals surface area contributed by atoms with Crippen LogP contribution in [-0.2, 0) is 11.8 Å². The molecular weight excluding hydrogens is 470 g/mol. The molecule has 1 unspecified atom stereocenters. The Hall–Kier alpha value is -3.46. The topological polar surface area (TPSA) is 82.8 Å². The molecule has 3 rings (SSSR count). The highest BCUT2D eigenvalue weighted by atomic mass is 19.4. The van der Waals surface area contributed by atoms with E-state index in [0.29, 0.717) is 0 Å². The summed E-state index contributed by atoms with van der Waals surface area (Å²) < 4.78 is 87.4. The molecule has 1 aliphatic rings. The third kappa shape index (κ3) is 4.75. The number of benzene rings is 2. The molecular formula is C22H18F6N2O4. The number of halogens is 6. The predicted molar refractivity (Wildman–Crippen MR) is 105 cm³/mol. The molecule has 1 amide bonds. The Kier molecular flexibility index (Phi) is 6.45. The Bertz CT molecular complexity index is 1120. The number of carbonyl (C=O) groups is 1. The quantitative estimate of drug-likeness (QED) is 0.637. The largest absolute Gasteiger partial charge is 0.494 e. The smallest absolute Gasteiger partial charge is 0.425 e. The lowest BCUT2D eigenvalue weighted by molar-refractivity contribution is -0.189. The van der Waals surface area contributed by atoms with Crippen molar-refractivity contribution in [3.8, 4) is 17.6 Å². The van der Waals surface area contributed by atoms with Gasteiger partial charge in [0.05, 0.1) is 31.3 Å². The van der Waals surface area contributed by atoms with Crippen molar-refractivity contribution in [3.05, 3.63) is 58.7 Å². The third-order valence-electron chi connectivity index (χ3n) is 5.36. The van der Waals surface area contributed by atoms with Gasteiger partial charge in [0.15, 0.2) is 11.9 Å². The Labute approximate surface area is 189 Å². The standard InChI is InChI=1S/C22H18F6N2O4/c1-12(21(23,24)25)34-16-8-3-13(9-29)18(33-2)17(16)19(31)30-10-20(32,11-30)14-4-6-15(7-5-14)22(26,27)28/h3-8,12,32H,10-11H2,1-2H3. The van der Waals surface area contributed by atoms with E-state index >= 15 is 0 Å². The van der Waals surface area contributed by atoms with Crippen LogP contribution in [0.2, 0.25) is 0 Å². The van der Waals surface area contributed by atoms with E-state index in [1.54, 1.807) is 6.07 Å². The molecule has 1 N–H and O–H groups in total. The van der Waals surface area contributed by atoms with Crippen LogP contribution in [0, 0.1) is 11.3 Å². The fourth-order valence-electron chi connectivity index (χ4n) is 3.46. The monoisotopic (exact) mass is 488 g/mol. The summed E-state index contributed by atoms with van der Waals surface area (Å²) in [6.45, 7) is 0.0305. The first kappa shape index (κ1) is 25.2. The van der Waals surface area contributed by atoms with Crippen LogP contribution in [0.4, 0.5) is 26.3 Å². The lowest BCUT2D eigenvalue weighted by Crippen LogP contribution is -2.61. The molecule has 2 aromatic carbocycles. The molecule has 0 saturated carbocycles. The van der Waals surface area contributed by atoms with Crippen LogP contribution in [0.5, 0.6) is 11.5 Å². The average molecular weight is 488 g/mol. The van der Waals surface area contributed by atoms with Crippen molar-refractivity contribution in [3.63, 3.8) is 0 Å². The van der Waals surface area contributed by atoms with Crippen molar-refractivity contribution in [2.45, 2.75) is 31.0 Å². The summed E-state index contributed by atoms with van der Waals surface area (Å²) in [4.78, 5) is 14.2. The first-order valence-corrected chi connectivity index (χ1v) is 9.75. The molecule has 1 heterocycles. The van der Waals surface area contributed by atoms with Crippen LogP contribution in [0.1, 0.15) is 34.0 Å². The first-order chi connectivity index (χ1) is 15.7. The number of β-amino-alcohol motifs (C(OH)–C–C–N with tert-alkyl or cyclic N) is 1. The minimum atomic E-state index is -4.74. The van der Waals surface area contributed by atoms with Crippen molar-refractivity contribution in [2.24, 2.45) is 0 Å². The Balaban J connectivity index is 1.89. The number of aliphatic hydroxyl groups is 1. The van der Waals surface area contributed by atoms with Gasteiger partial charge in [-0.1, -0.05) is 12.1 Å². The number of nitriles is 1. The van der Waals surface area contributed by atoms with E-state index in [-0.39, 0.29) is 30.0 Å². The Morgan fingerprint density at radius 1 is 1.12 bits per heavy atom. The van der Waals surface area contributed by atoms with Crippen LogP contribution >= 0.6 is 0 Å². The molecule has 34 heavy (non-hydrogen) atoms. The summed E-state index contributed by atoms with van der Waals surface area (Å²) in [5, 5.41) is 20.0. The number of rotatable bonds is 5. The van der Waals surface area contributed by atoms with Crippen LogP contribution in [0.25, 0.3) is 0 Å². The summed E-state index contributed by atoms with van der Waals surface area (Å²) in [6, 6.07) is 7.71. The fourth-order valence-corrected chi connectivity index (χ4v) is 3.46. The number of hydrogen-bond donors (Lipinski definition) is 1. The highest BCUT2D eigenvalue weighted by Gasteiger charge is 2.47. The molecule has 0 aliphatic carbocycles. The maximum atomic E-state index is 13.1. The zero-order chi connectivity index (χ0) is 25.5. The fraction of sp³-hybridized carbons (Fsp3) is 0.364. The molecule has 0 aromatic heterocycles. The maximum absolute atomic E-state index is 13.1. The van der Waals surface area contributed by atoms with Gasteiger partial charge in [-0.2, -0.15) is 31.6 Å². The number of nitrogens with zero attached hydrogens (tertiary/aromatic N) is 2. The molecule has 1 fully saturated rings. The molecule has 1 atom stereocenters. The second kappa shape index (κ2) is 8.72. The van der Waals surface area contributed by atoms with E-state index in [0.717, 1.165) is 55.3 Å². The summed E-state index contributed by atoms with van der Waals surface area (Å²) in [7, 11) is 1.12. The molecule has 0 spiro atoms. The summed E-state index contributed by atoms with van der Waals surface area (Å²) in [5.41, 5.74) is -3.01. The summed E-state index contributed by atoms with van der Waals surface area (Å²) in [6.07, 6.45) is -11.6. The van der Waals surface area contributed by atoms with Gasteiger partial charge < -0.3 is 19.5 Å². The zero-order valence-corrected chi connectivity index (χ0v) is 17.8. The second-order valence-corrected chi connectivity index (χ2v) is 7.70. The normalized spacial score (nSPS) is 16.3. The number of carbonyl (C=O) groups excluding carboxylic acids is 1. The molecule has 0 radical (unpaired) electrons. The van der Waals surface area contributed by atoms with E-state index in [2.05, 4.69) is 0 Å². The van der Waals surface area contributed by atoms with E-state index in [9.17, 15) is 41.5 Å². The van der Waals surface area contributed by atoms with Crippen LogP contribution in [0.15, 0.2) is 36.4 Å². The SMILES string of the molecule is COc1c(C#N)ccc(OC(C)C(F)(F)F)c1C(=O)N1CC(O)(c2ccc(C(F)(F)F)cc2)C1.